The second kappa shape index (κ2) is 5.11. The average molecular weight is 369 g/mol. The van der Waals surface area contributed by atoms with Crippen molar-refractivity contribution in [3.05, 3.63) is 31.8 Å². The highest BCUT2D eigenvalue weighted by Crippen LogP contribution is 2.27. The van der Waals surface area contributed by atoms with E-state index in [-0.39, 0.29) is 11.9 Å². The number of ether oxygens (including phenoxy) is 1. The van der Waals surface area contributed by atoms with Gasteiger partial charge in [0.25, 0.3) is 0 Å². The molecular formula is C10H10BrIO2. The molecule has 0 bridgehead atoms. The number of esters is 1. The molecule has 1 atom stereocenters. The molecule has 0 aliphatic rings. The SMILES string of the molecule is COC(=O)C(C)c1cc(I)ccc1Br. The lowest BCUT2D eigenvalue weighted by Crippen LogP contribution is -2.11. The Hall–Kier alpha value is -0.100. The molecule has 4 heteroatoms. The molecule has 14 heavy (non-hydrogen) atoms. The number of carbonyl (C=O) groups excluding carboxylic acids is 1. The Morgan fingerprint density at radius 1 is 1.57 bits per heavy atom. The van der Waals surface area contributed by atoms with Gasteiger partial charge in [-0.3, -0.25) is 4.79 Å². The molecule has 1 rings (SSSR count). The minimum absolute atomic E-state index is 0.215. The van der Waals surface area contributed by atoms with Crippen LogP contribution in [0.15, 0.2) is 22.7 Å². The van der Waals surface area contributed by atoms with Gasteiger partial charge >= 0.3 is 5.97 Å². The van der Waals surface area contributed by atoms with E-state index in [0.717, 1.165) is 13.6 Å². The minimum atomic E-state index is -0.232. The number of hydrogen-bond acceptors (Lipinski definition) is 2. The quantitative estimate of drug-likeness (QED) is 0.591. The van der Waals surface area contributed by atoms with Crippen molar-refractivity contribution in [3.8, 4) is 0 Å². The van der Waals surface area contributed by atoms with Crippen LogP contribution in [0.25, 0.3) is 0 Å². The molecule has 0 heterocycles. The Kier molecular flexibility index (Phi) is 4.37. The molecule has 1 aromatic rings. The molecule has 0 fully saturated rings. The first-order valence-corrected chi connectivity index (χ1v) is 5.96. The molecule has 0 aliphatic heterocycles. The summed E-state index contributed by atoms with van der Waals surface area (Å²) in [6.45, 7) is 1.84. The normalized spacial score (nSPS) is 12.3. The van der Waals surface area contributed by atoms with Crippen LogP contribution < -0.4 is 0 Å². The predicted molar refractivity (Wildman–Crippen MR) is 67.3 cm³/mol. The third kappa shape index (κ3) is 2.70. The zero-order valence-corrected chi connectivity index (χ0v) is 11.6. The number of halogens is 2. The third-order valence-electron chi connectivity index (χ3n) is 1.98. The molecule has 0 aliphatic carbocycles. The van der Waals surface area contributed by atoms with Crippen LogP contribution in [0.4, 0.5) is 0 Å². The third-order valence-corrected chi connectivity index (χ3v) is 3.37. The number of rotatable bonds is 2. The van der Waals surface area contributed by atoms with Crippen molar-refractivity contribution in [2.45, 2.75) is 12.8 Å². The second-order valence-corrected chi connectivity index (χ2v) is 5.01. The summed E-state index contributed by atoms with van der Waals surface area (Å²) in [5.74, 6) is -0.447. The Morgan fingerprint density at radius 3 is 2.79 bits per heavy atom. The maximum atomic E-state index is 11.3. The summed E-state index contributed by atoms with van der Waals surface area (Å²) >= 11 is 5.64. The summed E-state index contributed by atoms with van der Waals surface area (Å²) < 4.78 is 6.75. The van der Waals surface area contributed by atoms with Crippen molar-refractivity contribution in [1.82, 2.24) is 0 Å². The van der Waals surface area contributed by atoms with E-state index in [1.54, 1.807) is 0 Å². The first-order chi connectivity index (χ1) is 6.56. The van der Waals surface area contributed by atoms with Gasteiger partial charge in [0, 0.05) is 8.04 Å². The Balaban J connectivity index is 3.05. The van der Waals surface area contributed by atoms with Gasteiger partial charge in [-0.2, -0.15) is 0 Å². The van der Waals surface area contributed by atoms with Gasteiger partial charge in [-0.15, -0.1) is 0 Å². The van der Waals surface area contributed by atoms with E-state index >= 15 is 0 Å². The first kappa shape index (κ1) is 12.0. The lowest BCUT2D eigenvalue weighted by molar-refractivity contribution is -0.142. The van der Waals surface area contributed by atoms with Crippen LogP contribution in [0.3, 0.4) is 0 Å². The van der Waals surface area contributed by atoms with Gasteiger partial charge in [0.05, 0.1) is 13.0 Å². The molecule has 0 saturated heterocycles. The molecule has 0 N–H and O–H groups in total. The topological polar surface area (TPSA) is 26.3 Å². The fraction of sp³-hybridized carbons (Fsp3) is 0.300. The fourth-order valence-electron chi connectivity index (χ4n) is 1.15. The van der Waals surface area contributed by atoms with Crippen LogP contribution in [-0.4, -0.2) is 13.1 Å². The number of hydrogen-bond donors (Lipinski definition) is 0. The van der Waals surface area contributed by atoms with Crippen LogP contribution in [0.5, 0.6) is 0 Å². The molecule has 1 unspecified atom stereocenters. The second-order valence-electron chi connectivity index (χ2n) is 2.91. The van der Waals surface area contributed by atoms with E-state index in [1.807, 2.05) is 25.1 Å². The molecular weight excluding hydrogens is 359 g/mol. The zero-order valence-electron chi connectivity index (χ0n) is 7.88. The number of methoxy groups -OCH3 is 1. The van der Waals surface area contributed by atoms with E-state index in [1.165, 1.54) is 7.11 Å². The molecule has 2 nitrogen and oxygen atoms in total. The lowest BCUT2D eigenvalue weighted by Gasteiger charge is -2.11. The maximum Gasteiger partial charge on any atom is 0.312 e. The van der Waals surface area contributed by atoms with Gasteiger partial charge in [-0.1, -0.05) is 15.9 Å². The minimum Gasteiger partial charge on any atom is -0.469 e. The van der Waals surface area contributed by atoms with Gasteiger partial charge in [0.2, 0.25) is 0 Å². The van der Waals surface area contributed by atoms with Crippen LogP contribution in [0, 0.1) is 3.57 Å². The van der Waals surface area contributed by atoms with E-state index < -0.39 is 0 Å². The molecule has 0 radical (unpaired) electrons. The summed E-state index contributed by atoms with van der Waals surface area (Å²) in [5.41, 5.74) is 0.962. The summed E-state index contributed by atoms with van der Waals surface area (Å²) in [6, 6.07) is 5.90. The molecule has 1 aromatic carbocycles. The molecule has 0 spiro atoms. The standard InChI is InChI=1S/C10H10BrIO2/c1-6(10(13)14-2)8-5-7(12)3-4-9(8)11/h3-6H,1-2H3. The van der Waals surface area contributed by atoms with Gasteiger partial charge < -0.3 is 4.74 Å². The molecule has 0 aromatic heterocycles. The highest BCUT2D eigenvalue weighted by atomic mass is 127. The van der Waals surface area contributed by atoms with Crippen molar-refractivity contribution < 1.29 is 9.53 Å². The fourth-order valence-corrected chi connectivity index (χ4v) is 2.26. The molecule has 0 amide bonds. The van der Waals surface area contributed by atoms with Crippen LogP contribution in [0.1, 0.15) is 18.4 Å². The molecule has 76 valence electrons. The Morgan fingerprint density at radius 2 is 2.21 bits per heavy atom. The van der Waals surface area contributed by atoms with Crippen molar-refractivity contribution in [1.29, 1.82) is 0 Å². The smallest absolute Gasteiger partial charge is 0.312 e. The number of carbonyl (C=O) groups is 1. The van der Waals surface area contributed by atoms with E-state index in [2.05, 4.69) is 38.5 Å². The predicted octanol–water partition coefficient (Wildman–Crippen LogP) is 3.33. The van der Waals surface area contributed by atoms with Crippen molar-refractivity contribution in [3.63, 3.8) is 0 Å². The Labute approximate surface area is 105 Å². The highest BCUT2D eigenvalue weighted by molar-refractivity contribution is 14.1. The van der Waals surface area contributed by atoms with E-state index in [0.29, 0.717) is 0 Å². The van der Waals surface area contributed by atoms with Crippen molar-refractivity contribution >= 4 is 44.5 Å². The summed E-state index contributed by atoms with van der Waals surface area (Å²) in [7, 11) is 1.40. The lowest BCUT2D eigenvalue weighted by atomic mass is 10.0. The maximum absolute atomic E-state index is 11.3. The summed E-state index contributed by atoms with van der Waals surface area (Å²) in [4.78, 5) is 11.3. The number of benzene rings is 1. The van der Waals surface area contributed by atoms with E-state index in [4.69, 9.17) is 4.74 Å². The van der Waals surface area contributed by atoms with Crippen LogP contribution >= 0.6 is 38.5 Å². The first-order valence-electron chi connectivity index (χ1n) is 4.09. The largest absolute Gasteiger partial charge is 0.469 e. The molecule has 0 saturated carbocycles. The van der Waals surface area contributed by atoms with Crippen LogP contribution in [-0.2, 0) is 9.53 Å². The Bertz CT molecular complexity index is 352. The summed E-state index contributed by atoms with van der Waals surface area (Å²) in [6.07, 6.45) is 0. The van der Waals surface area contributed by atoms with Gasteiger partial charge in [-0.05, 0) is 53.3 Å². The highest BCUT2D eigenvalue weighted by Gasteiger charge is 2.18. The van der Waals surface area contributed by atoms with Crippen molar-refractivity contribution in [2.75, 3.05) is 7.11 Å². The zero-order chi connectivity index (χ0) is 10.7. The monoisotopic (exact) mass is 368 g/mol. The summed E-state index contributed by atoms with van der Waals surface area (Å²) in [5, 5.41) is 0. The van der Waals surface area contributed by atoms with E-state index in [9.17, 15) is 4.79 Å². The average Bonchev–Trinajstić information content (AvgIpc) is 2.19. The van der Waals surface area contributed by atoms with Gasteiger partial charge in [0.15, 0.2) is 0 Å². The van der Waals surface area contributed by atoms with Crippen LogP contribution in [0.2, 0.25) is 0 Å². The van der Waals surface area contributed by atoms with Gasteiger partial charge in [-0.25, -0.2) is 0 Å². The van der Waals surface area contributed by atoms with Crippen molar-refractivity contribution in [2.24, 2.45) is 0 Å². The van der Waals surface area contributed by atoms with Gasteiger partial charge in [0.1, 0.15) is 0 Å².